The van der Waals surface area contributed by atoms with Gasteiger partial charge < -0.3 is 10.2 Å². The first-order valence-corrected chi connectivity index (χ1v) is 14.0. The maximum Gasteiger partial charge on any atom is 0.416 e. The molecule has 1 aliphatic heterocycles. The van der Waals surface area contributed by atoms with Crippen molar-refractivity contribution in [3.05, 3.63) is 77.9 Å². The third-order valence-electron chi connectivity index (χ3n) is 6.66. The molecule has 1 fully saturated rings. The minimum absolute atomic E-state index is 0.0490. The van der Waals surface area contributed by atoms with E-state index in [0.717, 1.165) is 55.2 Å². The smallest absolute Gasteiger partial charge is 0.369 e. The number of carbonyl (C=O) groups is 1. The van der Waals surface area contributed by atoms with Crippen LogP contribution in [0.1, 0.15) is 25.0 Å². The number of benzene rings is 3. The number of halogens is 3. The molecule has 1 saturated heterocycles. The molecule has 4 rings (SSSR count). The number of nitrogens with zero attached hydrogens (tertiary/aromatic N) is 2. The molecule has 3 aromatic rings. The first kappa shape index (κ1) is 27.7. The highest BCUT2D eigenvalue weighted by molar-refractivity contribution is 7.91. The maximum absolute atomic E-state index is 13.5. The van der Waals surface area contributed by atoms with Crippen LogP contribution in [0.4, 0.5) is 24.5 Å². The van der Waals surface area contributed by atoms with Gasteiger partial charge in [-0.05, 0) is 65.2 Å². The molecule has 3 aromatic carbocycles. The maximum atomic E-state index is 13.5. The first-order chi connectivity index (χ1) is 18.0. The van der Waals surface area contributed by atoms with Gasteiger partial charge in [0.05, 0.1) is 16.2 Å². The van der Waals surface area contributed by atoms with E-state index in [-0.39, 0.29) is 16.6 Å². The Kier molecular flexibility index (Phi) is 8.13. The number of carbonyl (C=O) groups excluding carboxylic acids is 1. The lowest BCUT2D eigenvalue weighted by molar-refractivity contribution is -0.137. The third kappa shape index (κ3) is 6.54. The van der Waals surface area contributed by atoms with Crippen LogP contribution in [0.2, 0.25) is 0 Å². The number of anilines is 2. The van der Waals surface area contributed by atoms with Gasteiger partial charge in [-0.3, -0.25) is 9.69 Å². The van der Waals surface area contributed by atoms with Gasteiger partial charge in [0, 0.05) is 51.0 Å². The molecular formula is C28H30F3N3O3S. The highest BCUT2D eigenvalue weighted by Gasteiger charge is 2.31. The van der Waals surface area contributed by atoms with Crippen LogP contribution in [-0.2, 0) is 27.4 Å². The Balaban J connectivity index is 1.51. The summed E-state index contributed by atoms with van der Waals surface area (Å²) in [6.45, 7) is 6.43. The van der Waals surface area contributed by atoms with Gasteiger partial charge in [-0.25, -0.2) is 8.42 Å². The molecule has 1 N–H and O–H groups in total. The van der Waals surface area contributed by atoms with Crippen molar-refractivity contribution in [3.8, 4) is 11.1 Å². The molecule has 38 heavy (non-hydrogen) atoms. The summed E-state index contributed by atoms with van der Waals surface area (Å²) in [4.78, 5) is 15.8. The van der Waals surface area contributed by atoms with Gasteiger partial charge in [-0.15, -0.1) is 0 Å². The predicted octanol–water partition coefficient (Wildman–Crippen LogP) is 5.45. The van der Waals surface area contributed by atoms with Crippen molar-refractivity contribution in [2.24, 2.45) is 0 Å². The normalized spacial score (nSPS) is 14.9. The predicted molar refractivity (Wildman–Crippen MR) is 143 cm³/mol. The number of hydrogen-bond acceptors (Lipinski definition) is 5. The highest BCUT2D eigenvalue weighted by atomic mass is 32.2. The zero-order chi connectivity index (χ0) is 27.5. The van der Waals surface area contributed by atoms with Gasteiger partial charge in [0.1, 0.15) is 0 Å². The number of hydrogen-bond donors (Lipinski definition) is 1. The fourth-order valence-electron chi connectivity index (χ4n) is 4.53. The molecule has 0 aliphatic carbocycles. The molecule has 1 aliphatic rings. The Labute approximate surface area is 221 Å². The number of amides is 1. The van der Waals surface area contributed by atoms with Gasteiger partial charge >= 0.3 is 6.18 Å². The zero-order valence-corrected chi connectivity index (χ0v) is 22.1. The van der Waals surface area contributed by atoms with Crippen LogP contribution in [0.25, 0.3) is 11.1 Å². The van der Waals surface area contributed by atoms with Crippen LogP contribution in [0.3, 0.4) is 0 Å². The Morgan fingerprint density at radius 2 is 1.55 bits per heavy atom. The second kappa shape index (κ2) is 11.2. The molecule has 0 bridgehead atoms. The van der Waals surface area contributed by atoms with Crippen LogP contribution in [-0.4, -0.2) is 51.2 Å². The summed E-state index contributed by atoms with van der Waals surface area (Å²) in [5.74, 6) is -0.178. The summed E-state index contributed by atoms with van der Waals surface area (Å²) in [5, 5.41) is 2.75. The monoisotopic (exact) mass is 545 g/mol. The van der Waals surface area contributed by atoms with Crippen LogP contribution >= 0.6 is 0 Å². The number of alkyl halides is 3. The first-order valence-electron chi connectivity index (χ1n) is 12.3. The summed E-state index contributed by atoms with van der Waals surface area (Å²) < 4.78 is 64.9. The number of piperazine rings is 1. The minimum atomic E-state index is -4.49. The van der Waals surface area contributed by atoms with Crippen molar-refractivity contribution in [1.82, 2.24) is 4.90 Å². The lowest BCUT2D eigenvalue weighted by Gasteiger charge is -2.36. The van der Waals surface area contributed by atoms with Crippen LogP contribution < -0.4 is 10.2 Å². The van der Waals surface area contributed by atoms with E-state index in [0.29, 0.717) is 17.7 Å². The third-order valence-corrected chi connectivity index (χ3v) is 8.41. The molecule has 6 nitrogen and oxygen atoms in total. The van der Waals surface area contributed by atoms with Gasteiger partial charge in [-0.1, -0.05) is 25.1 Å². The second-order valence-electron chi connectivity index (χ2n) is 9.29. The van der Waals surface area contributed by atoms with E-state index in [1.165, 1.54) is 25.1 Å². The van der Waals surface area contributed by atoms with Crippen molar-refractivity contribution < 1.29 is 26.4 Å². The van der Waals surface area contributed by atoms with Gasteiger partial charge in [0.25, 0.3) is 0 Å². The molecule has 0 unspecified atom stereocenters. The molecule has 0 atom stereocenters. The summed E-state index contributed by atoms with van der Waals surface area (Å²) in [5.41, 5.74) is 2.76. The van der Waals surface area contributed by atoms with E-state index in [1.54, 1.807) is 19.1 Å². The van der Waals surface area contributed by atoms with E-state index in [9.17, 15) is 26.4 Å². The molecule has 0 saturated carbocycles. The Hall–Kier alpha value is -3.37. The Morgan fingerprint density at radius 3 is 2.11 bits per heavy atom. The zero-order valence-electron chi connectivity index (χ0n) is 21.3. The van der Waals surface area contributed by atoms with E-state index in [1.807, 2.05) is 24.3 Å². The molecule has 0 radical (unpaired) electrons. The van der Waals surface area contributed by atoms with Crippen molar-refractivity contribution in [2.75, 3.05) is 42.1 Å². The summed E-state index contributed by atoms with van der Waals surface area (Å²) >= 11 is 0. The molecule has 1 amide bonds. The van der Waals surface area contributed by atoms with Crippen molar-refractivity contribution in [1.29, 1.82) is 0 Å². The molecule has 10 heteroatoms. The Morgan fingerprint density at radius 1 is 0.921 bits per heavy atom. The molecule has 0 aromatic heterocycles. The number of sulfone groups is 1. The van der Waals surface area contributed by atoms with Gasteiger partial charge in [0.2, 0.25) is 5.91 Å². The fourth-order valence-corrected chi connectivity index (χ4v) is 5.42. The standard InChI is InChI=1S/C28H30F3N3O3S/c1-3-38(36,37)26-12-5-21(6-13-26)27-18-23(28(29,30)31)7-4-22(27)19-33-14-16-34(17-15-33)25-10-8-24(9-11-25)32-20(2)35/h4-13,18H,3,14-17,19H2,1-2H3,(H,32,35). The second-order valence-corrected chi connectivity index (χ2v) is 11.6. The average Bonchev–Trinajstić information content (AvgIpc) is 2.89. The van der Waals surface area contributed by atoms with Gasteiger partial charge in [0.15, 0.2) is 9.84 Å². The minimum Gasteiger partial charge on any atom is -0.369 e. The van der Waals surface area contributed by atoms with Crippen LogP contribution in [0.15, 0.2) is 71.6 Å². The molecule has 202 valence electrons. The molecule has 0 spiro atoms. The van der Waals surface area contributed by atoms with Gasteiger partial charge in [-0.2, -0.15) is 13.2 Å². The van der Waals surface area contributed by atoms with E-state index in [2.05, 4.69) is 15.1 Å². The topological polar surface area (TPSA) is 69.7 Å². The number of nitrogens with one attached hydrogen (secondary N) is 1. The molecule has 1 heterocycles. The van der Waals surface area contributed by atoms with E-state index < -0.39 is 21.6 Å². The van der Waals surface area contributed by atoms with Crippen molar-refractivity contribution in [3.63, 3.8) is 0 Å². The quantitative estimate of drug-likeness (QED) is 0.428. The Bertz CT molecular complexity index is 1380. The summed E-state index contributed by atoms with van der Waals surface area (Å²) in [6.07, 6.45) is -4.49. The lowest BCUT2D eigenvalue weighted by atomic mass is 9.96. The lowest BCUT2D eigenvalue weighted by Crippen LogP contribution is -2.46. The van der Waals surface area contributed by atoms with E-state index >= 15 is 0 Å². The van der Waals surface area contributed by atoms with Crippen molar-refractivity contribution >= 4 is 27.1 Å². The summed E-state index contributed by atoms with van der Waals surface area (Å²) in [7, 11) is -3.41. The highest BCUT2D eigenvalue weighted by Crippen LogP contribution is 2.35. The van der Waals surface area contributed by atoms with E-state index in [4.69, 9.17) is 0 Å². The molecular weight excluding hydrogens is 515 g/mol. The van der Waals surface area contributed by atoms with Crippen molar-refractivity contribution in [2.45, 2.75) is 31.5 Å². The fraction of sp³-hybridized carbons (Fsp3) is 0.321. The SMILES string of the molecule is CCS(=O)(=O)c1ccc(-c2cc(C(F)(F)F)ccc2CN2CCN(c3ccc(NC(C)=O)cc3)CC2)cc1. The van der Waals surface area contributed by atoms with Crippen LogP contribution in [0.5, 0.6) is 0 Å². The average molecular weight is 546 g/mol. The largest absolute Gasteiger partial charge is 0.416 e. The van der Waals surface area contributed by atoms with Crippen LogP contribution in [0, 0.1) is 0 Å². The summed E-state index contributed by atoms with van der Waals surface area (Å²) in [6, 6.07) is 17.4. The number of rotatable bonds is 7.